The number of carboxylic acid groups (broad SMARTS) is 1. The van der Waals surface area contributed by atoms with E-state index in [9.17, 15) is 23.9 Å². The number of hydrogen-bond acceptors (Lipinski definition) is 4. The van der Waals surface area contributed by atoms with E-state index in [1.165, 1.54) is 6.07 Å². The Kier molecular flexibility index (Phi) is 4.41. The minimum Gasteiger partial charge on any atom is -0.507 e. The number of phenols is 1. The van der Waals surface area contributed by atoms with Crippen molar-refractivity contribution in [3.63, 3.8) is 0 Å². The number of nitrogens with two attached hydrogens (primary N) is 1. The second kappa shape index (κ2) is 5.80. The Morgan fingerprint density at radius 2 is 2.00 bits per heavy atom. The van der Waals surface area contributed by atoms with E-state index >= 15 is 0 Å². The number of aromatic hydroxyl groups is 1. The Morgan fingerprint density at radius 1 is 1.37 bits per heavy atom. The first kappa shape index (κ1) is 14.4. The molecule has 0 saturated heterocycles. The van der Waals surface area contributed by atoms with E-state index in [2.05, 4.69) is 0 Å². The molecule has 0 aliphatic heterocycles. The van der Waals surface area contributed by atoms with E-state index in [-0.39, 0.29) is 0 Å². The van der Waals surface area contributed by atoms with Gasteiger partial charge in [-0.05, 0) is 12.1 Å². The molecule has 0 spiro atoms. The van der Waals surface area contributed by atoms with Crippen LogP contribution in [0.25, 0.3) is 0 Å². The van der Waals surface area contributed by atoms with Gasteiger partial charge in [-0.1, -0.05) is 6.07 Å². The minimum absolute atomic E-state index is 0.638. The first-order valence-corrected chi connectivity index (χ1v) is 5.12. The lowest BCUT2D eigenvalue weighted by Crippen LogP contribution is -2.43. The van der Waals surface area contributed by atoms with Gasteiger partial charge in [0, 0.05) is 0 Å². The van der Waals surface area contributed by atoms with Gasteiger partial charge in [-0.25, -0.2) is 9.18 Å². The zero-order chi connectivity index (χ0) is 14.6. The van der Waals surface area contributed by atoms with Crippen molar-refractivity contribution in [2.24, 2.45) is 5.73 Å². The van der Waals surface area contributed by atoms with Crippen molar-refractivity contribution in [3.8, 4) is 5.75 Å². The quantitative estimate of drug-likeness (QED) is 0.578. The predicted octanol–water partition coefficient (Wildman–Crippen LogP) is -0.410. The summed E-state index contributed by atoms with van der Waals surface area (Å²) in [6.07, 6.45) is -0.643. The molecule has 1 aromatic rings. The van der Waals surface area contributed by atoms with E-state index in [4.69, 9.17) is 10.8 Å². The van der Waals surface area contributed by atoms with Crippen LogP contribution in [0.1, 0.15) is 16.8 Å². The highest BCUT2D eigenvalue weighted by Gasteiger charge is 2.25. The van der Waals surface area contributed by atoms with Crippen molar-refractivity contribution in [2.75, 3.05) is 0 Å². The lowest BCUT2D eigenvalue weighted by atomic mass is 10.1. The summed E-state index contributed by atoms with van der Waals surface area (Å²) < 4.78 is 13.4. The van der Waals surface area contributed by atoms with Crippen LogP contribution < -0.4 is 11.1 Å². The fraction of sp³-hybridized carbons (Fsp3) is 0.182. The van der Waals surface area contributed by atoms with Gasteiger partial charge >= 0.3 is 5.97 Å². The number of aliphatic carboxylic acids is 1. The molecule has 2 amide bonds. The third-order valence-corrected chi connectivity index (χ3v) is 2.23. The van der Waals surface area contributed by atoms with Gasteiger partial charge in [0.2, 0.25) is 5.91 Å². The van der Waals surface area contributed by atoms with Crippen molar-refractivity contribution in [2.45, 2.75) is 12.5 Å². The standard InChI is InChI=1S/C11H11FN2O5/c12-5-2-1-3-7(15)9(5)10(17)14-6(11(18)19)4-8(13)16/h1-3,6,15H,4H2,(H2,13,16)(H,14,17)(H,18,19)/t6-/m0/s1. The molecule has 0 fully saturated rings. The van der Waals surface area contributed by atoms with Gasteiger partial charge in [-0.15, -0.1) is 0 Å². The van der Waals surface area contributed by atoms with Gasteiger partial charge < -0.3 is 21.3 Å². The topological polar surface area (TPSA) is 130 Å². The van der Waals surface area contributed by atoms with Gasteiger partial charge in [-0.2, -0.15) is 0 Å². The van der Waals surface area contributed by atoms with E-state index < -0.39 is 47.4 Å². The van der Waals surface area contributed by atoms with Gasteiger partial charge in [0.1, 0.15) is 23.2 Å². The lowest BCUT2D eigenvalue weighted by molar-refractivity contribution is -0.140. The van der Waals surface area contributed by atoms with Gasteiger partial charge in [0.15, 0.2) is 0 Å². The number of carboxylic acids is 1. The zero-order valence-corrected chi connectivity index (χ0v) is 9.59. The van der Waals surface area contributed by atoms with Crippen LogP contribution in [0.2, 0.25) is 0 Å². The summed E-state index contributed by atoms with van der Waals surface area (Å²) in [6, 6.07) is 1.59. The Morgan fingerprint density at radius 3 is 2.47 bits per heavy atom. The number of carbonyl (C=O) groups is 3. The monoisotopic (exact) mass is 270 g/mol. The van der Waals surface area contributed by atoms with Crippen molar-refractivity contribution in [1.29, 1.82) is 0 Å². The molecule has 0 heterocycles. The van der Waals surface area contributed by atoms with Gasteiger partial charge in [0.05, 0.1) is 6.42 Å². The van der Waals surface area contributed by atoms with Gasteiger partial charge in [-0.3, -0.25) is 9.59 Å². The van der Waals surface area contributed by atoms with E-state index in [1.54, 1.807) is 0 Å². The van der Waals surface area contributed by atoms with Crippen molar-refractivity contribution in [1.82, 2.24) is 5.32 Å². The Balaban J connectivity index is 2.94. The van der Waals surface area contributed by atoms with Crippen LogP contribution in [-0.2, 0) is 9.59 Å². The summed E-state index contributed by atoms with van der Waals surface area (Å²) >= 11 is 0. The fourth-order valence-electron chi connectivity index (χ4n) is 1.37. The second-order valence-corrected chi connectivity index (χ2v) is 3.67. The van der Waals surface area contributed by atoms with Crippen LogP contribution in [0.5, 0.6) is 5.75 Å². The molecule has 0 radical (unpaired) electrons. The number of nitrogens with one attached hydrogen (secondary N) is 1. The summed E-state index contributed by atoms with van der Waals surface area (Å²) in [5, 5.41) is 20.0. The largest absolute Gasteiger partial charge is 0.507 e. The summed E-state index contributed by atoms with van der Waals surface area (Å²) in [7, 11) is 0. The summed E-state index contributed by atoms with van der Waals surface area (Å²) in [5.74, 6) is -5.24. The number of hydrogen-bond donors (Lipinski definition) is 4. The predicted molar refractivity (Wildman–Crippen MR) is 60.8 cm³/mol. The Labute approximate surface area is 106 Å². The highest BCUT2D eigenvalue weighted by atomic mass is 19.1. The molecule has 0 bridgehead atoms. The number of benzene rings is 1. The molecular weight excluding hydrogens is 259 g/mol. The molecule has 0 aromatic heterocycles. The molecule has 19 heavy (non-hydrogen) atoms. The van der Waals surface area contributed by atoms with E-state index in [0.717, 1.165) is 12.1 Å². The number of primary amides is 1. The molecule has 0 aliphatic rings. The maximum absolute atomic E-state index is 13.4. The van der Waals surface area contributed by atoms with E-state index in [1.807, 2.05) is 5.32 Å². The summed E-state index contributed by atoms with van der Waals surface area (Å²) in [5.41, 5.74) is 4.13. The molecular formula is C11H11FN2O5. The molecule has 8 heteroatoms. The van der Waals surface area contributed by atoms with Crippen molar-refractivity contribution < 1.29 is 29.0 Å². The van der Waals surface area contributed by atoms with Crippen molar-refractivity contribution in [3.05, 3.63) is 29.6 Å². The van der Waals surface area contributed by atoms with E-state index in [0.29, 0.717) is 0 Å². The van der Waals surface area contributed by atoms with Crippen LogP contribution in [0.3, 0.4) is 0 Å². The molecule has 0 saturated carbocycles. The second-order valence-electron chi connectivity index (χ2n) is 3.67. The molecule has 0 aliphatic carbocycles. The first-order valence-electron chi connectivity index (χ1n) is 5.12. The molecule has 0 unspecified atom stereocenters. The third kappa shape index (κ3) is 3.66. The molecule has 1 rings (SSSR count). The maximum Gasteiger partial charge on any atom is 0.326 e. The van der Waals surface area contributed by atoms with Crippen LogP contribution >= 0.6 is 0 Å². The maximum atomic E-state index is 13.4. The highest BCUT2D eigenvalue weighted by molar-refractivity contribution is 5.99. The number of halogens is 1. The summed E-state index contributed by atoms with van der Waals surface area (Å²) in [4.78, 5) is 33.1. The smallest absolute Gasteiger partial charge is 0.326 e. The number of amides is 2. The third-order valence-electron chi connectivity index (χ3n) is 2.23. The Bertz CT molecular complexity index is 512. The minimum atomic E-state index is -1.59. The lowest BCUT2D eigenvalue weighted by Gasteiger charge is -2.13. The zero-order valence-electron chi connectivity index (χ0n) is 9.59. The molecule has 1 atom stereocenters. The van der Waals surface area contributed by atoms with Crippen LogP contribution in [0, 0.1) is 5.82 Å². The molecule has 5 N–H and O–H groups in total. The SMILES string of the molecule is NC(=O)C[C@H](NC(=O)c1c(O)cccc1F)C(=O)O. The molecule has 102 valence electrons. The number of phenolic OH excluding ortho intramolecular Hbond substituents is 1. The van der Waals surface area contributed by atoms with Gasteiger partial charge in [0.25, 0.3) is 5.91 Å². The van der Waals surface area contributed by atoms with Crippen molar-refractivity contribution >= 4 is 17.8 Å². The fourth-order valence-corrected chi connectivity index (χ4v) is 1.37. The van der Waals surface area contributed by atoms with Crippen LogP contribution in [0.15, 0.2) is 18.2 Å². The normalized spacial score (nSPS) is 11.6. The molecule has 1 aromatic carbocycles. The summed E-state index contributed by atoms with van der Waals surface area (Å²) in [6.45, 7) is 0. The van der Waals surface area contributed by atoms with Crippen LogP contribution in [0.4, 0.5) is 4.39 Å². The average Bonchev–Trinajstić information content (AvgIpc) is 2.27. The number of rotatable bonds is 5. The highest BCUT2D eigenvalue weighted by Crippen LogP contribution is 2.19. The average molecular weight is 270 g/mol. The van der Waals surface area contributed by atoms with Crippen LogP contribution in [-0.4, -0.2) is 34.0 Å². The Hall–Kier alpha value is -2.64. The molecule has 7 nitrogen and oxygen atoms in total. The number of carbonyl (C=O) groups excluding carboxylic acids is 2. The first-order chi connectivity index (χ1) is 8.82.